The molecule has 0 bridgehead atoms. The van der Waals surface area contributed by atoms with Gasteiger partial charge in [0.2, 0.25) is 0 Å². The van der Waals surface area contributed by atoms with E-state index >= 15 is 0 Å². The van der Waals surface area contributed by atoms with Crippen LogP contribution in [0.4, 0.5) is 18.9 Å². The van der Waals surface area contributed by atoms with Crippen LogP contribution in [0.1, 0.15) is 5.56 Å². The van der Waals surface area contributed by atoms with Gasteiger partial charge in [0.15, 0.2) is 0 Å². The summed E-state index contributed by atoms with van der Waals surface area (Å²) >= 11 is 6.03. The summed E-state index contributed by atoms with van der Waals surface area (Å²) < 4.78 is 38.5. The molecule has 3 nitrogen and oxygen atoms in total. The number of nitrogen functional groups attached to an aromatic ring is 1. The van der Waals surface area contributed by atoms with Crippen LogP contribution in [0.5, 0.6) is 0 Å². The third-order valence-electron chi connectivity index (χ3n) is 3.18. The first-order valence-corrected chi connectivity index (χ1v) is 6.35. The lowest BCUT2D eigenvalue weighted by atomic mass is 10.0. The number of nitrogens with zero attached hydrogens (tertiary/aromatic N) is 1. The highest BCUT2D eigenvalue weighted by Gasteiger charge is 2.31. The Morgan fingerprint density at radius 3 is 2.62 bits per heavy atom. The molecule has 0 saturated heterocycles. The Kier molecular flexibility index (Phi) is 3.06. The smallest absolute Gasteiger partial charge is 0.397 e. The van der Waals surface area contributed by atoms with Gasteiger partial charge in [-0.05, 0) is 24.3 Å². The van der Waals surface area contributed by atoms with Crippen molar-refractivity contribution in [2.75, 3.05) is 5.73 Å². The van der Waals surface area contributed by atoms with E-state index in [-0.39, 0.29) is 10.6 Å². The molecule has 0 amide bonds. The molecule has 3 aromatic rings. The van der Waals surface area contributed by atoms with Crippen molar-refractivity contribution in [3.63, 3.8) is 0 Å². The minimum absolute atomic E-state index is 0.193. The highest BCUT2D eigenvalue weighted by molar-refractivity contribution is 6.33. The lowest BCUT2D eigenvalue weighted by molar-refractivity contribution is -0.137. The van der Waals surface area contributed by atoms with Gasteiger partial charge >= 0.3 is 6.18 Å². The minimum atomic E-state index is -4.44. The van der Waals surface area contributed by atoms with Crippen molar-refractivity contribution in [3.8, 4) is 11.3 Å². The summed E-state index contributed by atoms with van der Waals surface area (Å²) in [6, 6.07) is 8.25. The number of hydrogen-bond donors (Lipinski definition) is 2. The van der Waals surface area contributed by atoms with Crippen molar-refractivity contribution in [3.05, 3.63) is 47.0 Å². The second kappa shape index (κ2) is 4.66. The average molecular weight is 312 g/mol. The van der Waals surface area contributed by atoms with E-state index in [4.69, 9.17) is 17.3 Å². The molecule has 108 valence electrons. The molecular weight excluding hydrogens is 303 g/mol. The molecule has 0 spiro atoms. The average Bonchev–Trinajstić information content (AvgIpc) is 2.83. The van der Waals surface area contributed by atoms with E-state index in [0.717, 1.165) is 12.1 Å². The van der Waals surface area contributed by atoms with Crippen LogP contribution in [0.2, 0.25) is 5.02 Å². The van der Waals surface area contributed by atoms with Gasteiger partial charge in [0.05, 0.1) is 21.8 Å². The lowest BCUT2D eigenvalue weighted by Gasteiger charge is -2.09. The molecule has 0 atom stereocenters. The number of benzene rings is 2. The Morgan fingerprint density at radius 1 is 1.14 bits per heavy atom. The lowest BCUT2D eigenvalue weighted by Crippen LogP contribution is -2.04. The van der Waals surface area contributed by atoms with Gasteiger partial charge in [0, 0.05) is 10.9 Å². The van der Waals surface area contributed by atoms with Crippen molar-refractivity contribution < 1.29 is 13.2 Å². The molecule has 0 aliphatic carbocycles. The van der Waals surface area contributed by atoms with E-state index in [1.54, 1.807) is 18.2 Å². The maximum atomic E-state index is 12.8. The van der Waals surface area contributed by atoms with E-state index in [2.05, 4.69) is 10.2 Å². The van der Waals surface area contributed by atoms with Crippen LogP contribution >= 0.6 is 11.6 Å². The number of nitrogens with two attached hydrogens (primary N) is 1. The van der Waals surface area contributed by atoms with Gasteiger partial charge in [0.1, 0.15) is 5.69 Å². The topological polar surface area (TPSA) is 54.7 Å². The summed E-state index contributed by atoms with van der Waals surface area (Å²) in [7, 11) is 0. The predicted molar refractivity (Wildman–Crippen MR) is 76.0 cm³/mol. The second-order valence-electron chi connectivity index (χ2n) is 4.53. The molecule has 21 heavy (non-hydrogen) atoms. The minimum Gasteiger partial charge on any atom is -0.397 e. The van der Waals surface area contributed by atoms with Crippen molar-refractivity contribution in [2.45, 2.75) is 6.18 Å². The van der Waals surface area contributed by atoms with Crippen molar-refractivity contribution >= 4 is 28.2 Å². The number of alkyl halides is 3. The number of aromatic nitrogens is 2. The van der Waals surface area contributed by atoms with Gasteiger partial charge in [-0.2, -0.15) is 18.3 Å². The maximum Gasteiger partial charge on any atom is 0.416 e. The number of fused-ring (bicyclic) bond motifs is 1. The molecule has 0 radical (unpaired) electrons. The fourth-order valence-corrected chi connectivity index (χ4v) is 2.36. The number of hydrogen-bond acceptors (Lipinski definition) is 2. The number of para-hydroxylation sites is 1. The number of anilines is 1. The van der Waals surface area contributed by atoms with E-state index in [9.17, 15) is 13.2 Å². The Labute approximate surface area is 122 Å². The zero-order valence-electron chi connectivity index (χ0n) is 10.5. The largest absolute Gasteiger partial charge is 0.416 e. The molecule has 0 aliphatic heterocycles. The molecule has 1 aromatic heterocycles. The summed E-state index contributed by atoms with van der Waals surface area (Å²) in [6.07, 6.45) is -4.44. The number of halogens is 4. The van der Waals surface area contributed by atoms with Crippen molar-refractivity contribution in [2.24, 2.45) is 0 Å². The van der Waals surface area contributed by atoms with E-state index in [1.807, 2.05) is 0 Å². The normalized spacial score (nSPS) is 12.0. The van der Waals surface area contributed by atoms with Crippen LogP contribution in [0, 0.1) is 0 Å². The Morgan fingerprint density at radius 2 is 1.90 bits per heavy atom. The molecule has 7 heteroatoms. The standard InChI is InChI=1S/C14H9ClF3N3/c15-10-5-4-7(14(16,17)18)6-9(10)12-8-2-1-3-11(19)13(8)21-20-12/h1-6H,19H2,(H,20,21). The highest BCUT2D eigenvalue weighted by atomic mass is 35.5. The van der Waals surface area contributed by atoms with Gasteiger partial charge < -0.3 is 5.73 Å². The van der Waals surface area contributed by atoms with Crippen LogP contribution < -0.4 is 5.73 Å². The van der Waals surface area contributed by atoms with Gasteiger partial charge in [-0.3, -0.25) is 5.10 Å². The summed E-state index contributed by atoms with van der Waals surface area (Å²) in [5.41, 5.74) is 6.61. The Hall–Kier alpha value is -2.21. The van der Waals surface area contributed by atoms with Crippen molar-refractivity contribution in [1.82, 2.24) is 10.2 Å². The quantitative estimate of drug-likeness (QED) is 0.651. The monoisotopic (exact) mass is 311 g/mol. The zero-order chi connectivity index (χ0) is 15.2. The molecule has 1 heterocycles. The third-order valence-corrected chi connectivity index (χ3v) is 3.51. The number of nitrogens with one attached hydrogen (secondary N) is 1. The zero-order valence-corrected chi connectivity index (χ0v) is 11.3. The molecule has 0 fully saturated rings. The molecular formula is C14H9ClF3N3. The van der Waals surface area contributed by atoms with Crippen LogP contribution in [-0.2, 0) is 6.18 Å². The van der Waals surface area contributed by atoms with Crippen LogP contribution in [0.15, 0.2) is 36.4 Å². The van der Waals surface area contributed by atoms with E-state index in [1.165, 1.54) is 6.07 Å². The number of rotatable bonds is 1. The summed E-state index contributed by atoms with van der Waals surface area (Å²) in [5, 5.41) is 7.59. The van der Waals surface area contributed by atoms with Gasteiger partial charge in [-0.1, -0.05) is 23.7 Å². The summed E-state index contributed by atoms with van der Waals surface area (Å²) in [6.45, 7) is 0. The Balaban J connectivity index is 2.26. The Bertz CT molecular complexity index is 824. The predicted octanol–water partition coefficient (Wildman–Crippen LogP) is 4.48. The summed E-state index contributed by atoms with van der Waals surface area (Å²) in [5.74, 6) is 0. The van der Waals surface area contributed by atoms with Gasteiger partial charge in [-0.25, -0.2) is 0 Å². The highest BCUT2D eigenvalue weighted by Crippen LogP contribution is 2.38. The van der Waals surface area contributed by atoms with Crippen molar-refractivity contribution in [1.29, 1.82) is 0 Å². The summed E-state index contributed by atoms with van der Waals surface area (Å²) in [4.78, 5) is 0. The SMILES string of the molecule is Nc1cccc2c(-c3cc(C(F)(F)F)ccc3Cl)n[nH]c12. The molecule has 3 rings (SSSR count). The van der Waals surface area contributed by atoms with E-state index in [0.29, 0.717) is 22.3 Å². The first kappa shape index (κ1) is 13.8. The molecule has 2 aromatic carbocycles. The second-order valence-corrected chi connectivity index (χ2v) is 4.94. The van der Waals surface area contributed by atoms with Crippen LogP contribution in [0.3, 0.4) is 0 Å². The first-order valence-electron chi connectivity index (χ1n) is 5.97. The van der Waals surface area contributed by atoms with E-state index < -0.39 is 11.7 Å². The molecule has 3 N–H and O–H groups in total. The van der Waals surface area contributed by atoms with Crippen LogP contribution in [-0.4, -0.2) is 10.2 Å². The fourth-order valence-electron chi connectivity index (χ4n) is 2.15. The maximum absolute atomic E-state index is 12.8. The number of aromatic amines is 1. The molecule has 0 saturated carbocycles. The van der Waals surface area contributed by atoms with Gasteiger partial charge in [-0.15, -0.1) is 0 Å². The van der Waals surface area contributed by atoms with Gasteiger partial charge in [0.25, 0.3) is 0 Å². The first-order chi connectivity index (χ1) is 9.88. The number of H-pyrrole nitrogens is 1. The third kappa shape index (κ3) is 2.31. The fraction of sp³-hybridized carbons (Fsp3) is 0.0714. The molecule has 0 aliphatic rings. The van der Waals surface area contributed by atoms with Crippen LogP contribution in [0.25, 0.3) is 22.2 Å². The molecule has 0 unspecified atom stereocenters.